The molecule has 0 spiro atoms. The maximum Gasteiger partial charge on any atom is 0.264 e. The lowest BCUT2D eigenvalue weighted by Crippen LogP contribution is -2.50. The molecule has 30 heavy (non-hydrogen) atoms. The minimum absolute atomic E-state index is 0.0182. The Bertz CT molecular complexity index is 1200. The van der Waals surface area contributed by atoms with Crippen LogP contribution < -0.4 is 10.1 Å². The molecule has 0 saturated carbocycles. The predicted octanol–water partition coefficient (Wildman–Crippen LogP) is 3.84. The van der Waals surface area contributed by atoms with E-state index in [0.717, 1.165) is 40.7 Å². The molecule has 0 aliphatic carbocycles. The summed E-state index contributed by atoms with van der Waals surface area (Å²) in [5.74, 6) is 0.707. The first kappa shape index (κ1) is 18.9. The van der Waals surface area contributed by atoms with Gasteiger partial charge in [0.25, 0.3) is 5.91 Å². The van der Waals surface area contributed by atoms with Crippen molar-refractivity contribution in [3.8, 4) is 16.9 Å². The number of piperazine rings is 1. The van der Waals surface area contributed by atoms with Gasteiger partial charge in [-0.25, -0.2) is 4.85 Å². The van der Waals surface area contributed by atoms with Crippen molar-refractivity contribution in [2.24, 2.45) is 0 Å². The molecule has 0 bridgehead atoms. The number of halogens is 1. The van der Waals surface area contributed by atoms with E-state index < -0.39 is 6.10 Å². The average Bonchev–Trinajstić information content (AvgIpc) is 3.21. The molecule has 0 radical (unpaired) electrons. The summed E-state index contributed by atoms with van der Waals surface area (Å²) >= 11 is 6.44. The van der Waals surface area contributed by atoms with Gasteiger partial charge in [0.1, 0.15) is 5.75 Å². The number of hydrogen-bond donors (Lipinski definition) is 1. The third kappa shape index (κ3) is 3.26. The van der Waals surface area contributed by atoms with Crippen molar-refractivity contribution in [1.29, 1.82) is 0 Å². The first-order valence-corrected chi connectivity index (χ1v) is 10.3. The van der Waals surface area contributed by atoms with Gasteiger partial charge in [-0.05, 0) is 41.3 Å². The van der Waals surface area contributed by atoms with Gasteiger partial charge in [0, 0.05) is 54.9 Å². The fraction of sp³-hybridized carbons (Fsp3) is 0.261. The number of fused-ring (bicyclic) bond motifs is 2. The molecule has 2 aromatic carbocycles. The second kappa shape index (κ2) is 7.60. The van der Waals surface area contributed by atoms with Gasteiger partial charge in [0.05, 0.1) is 12.1 Å². The number of nitrogens with one attached hydrogen (secondary N) is 1. The smallest absolute Gasteiger partial charge is 0.264 e. The standard InChI is InChI=1S/C23H19ClN4O2/c1-25-16-2-3-20-18(13-16)17(4-5-27-20)19-12-15(24)10-14-11-21(30-22(14)19)23(29)28-8-6-26-7-9-28/h2-5,10,12-13,21,26H,6-9,11H2. The number of ether oxygens (including phenoxy) is 1. The Kier molecular flexibility index (Phi) is 4.78. The molecule has 1 aromatic heterocycles. The predicted molar refractivity (Wildman–Crippen MR) is 116 cm³/mol. The Morgan fingerprint density at radius 2 is 2.03 bits per heavy atom. The monoisotopic (exact) mass is 418 g/mol. The lowest BCUT2D eigenvalue weighted by atomic mass is 9.97. The Balaban J connectivity index is 1.57. The van der Waals surface area contributed by atoms with Crippen molar-refractivity contribution in [2.45, 2.75) is 12.5 Å². The highest BCUT2D eigenvalue weighted by atomic mass is 35.5. The second-order valence-electron chi connectivity index (χ2n) is 7.50. The van der Waals surface area contributed by atoms with Gasteiger partial charge < -0.3 is 15.0 Å². The number of benzene rings is 2. The fourth-order valence-electron chi connectivity index (χ4n) is 4.19. The zero-order valence-corrected chi connectivity index (χ0v) is 16.9. The highest BCUT2D eigenvalue weighted by Gasteiger charge is 2.35. The molecule has 2 aliphatic rings. The zero-order chi connectivity index (χ0) is 20.7. The fourth-order valence-corrected chi connectivity index (χ4v) is 4.43. The number of amides is 1. The van der Waals surface area contributed by atoms with Gasteiger partial charge in [0.15, 0.2) is 11.8 Å². The summed E-state index contributed by atoms with van der Waals surface area (Å²) in [4.78, 5) is 22.8. The number of pyridine rings is 1. The van der Waals surface area contributed by atoms with Gasteiger partial charge in [-0.3, -0.25) is 9.78 Å². The Morgan fingerprint density at radius 1 is 1.20 bits per heavy atom. The molecule has 1 atom stereocenters. The van der Waals surface area contributed by atoms with E-state index in [4.69, 9.17) is 22.9 Å². The number of hydrogen-bond acceptors (Lipinski definition) is 4. The zero-order valence-electron chi connectivity index (χ0n) is 16.2. The van der Waals surface area contributed by atoms with Gasteiger partial charge in [-0.2, -0.15) is 0 Å². The maximum absolute atomic E-state index is 13.0. The van der Waals surface area contributed by atoms with Crippen LogP contribution in [0, 0.1) is 6.57 Å². The van der Waals surface area contributed by atoms with Crippen LogP contribution in [0.2, 0.25) is 5.02 Å². The van der Waals surface area contributed by atoms with E-state index in [9.17, 15) is 4.79 Å². The van der Waals surface area contributed by atoms with Crippen LogP contribution in [-0.4, -0.2) is 48.1 Å². The molecule has 3 aromatic rings. The number of nitrogens with zero attached hydrogens (tertiary/aromatic N) is 3. The highest BCUT2D eigenvalue weighted by Crippen LogP contribution is 2.43. The van der Waals surface area contributed by atoms with E-state index in [1.165, 1.54) is 0 Å². The molecule has 1 fully saturated rings. The molecule has 1 saturated heterocycles. The van der Waals surface area contributed by atoms with Crippen LogP contribution >= 0.6 is 11.6 Å². The number of carbonyl (C=O) groups excluding carboxylic acids is 1. The largest absolute Gasteiger partial charge is 0.479 e. The summed E-state index contributed by atoms with van der Waals surface area (Å²) in [5.41, 5.74) is 3.97. The maximum atomic E-state index is 13.0. The van der Waals surface area contributed by atoms with Gasteiger partial charge in [0.2, 0.25) is 0 Å². The van der Waals surface area contributed by atoms with E-state index in [1.807, 2.05) is 35.2 Å². The molecular weight excluding hydrogens is 400 g/mol. The number of aromatic nitrogens is 1. The SMILES string of the molecule is [C-]#[N+]c1ccc2nccc(-c3cc(Cl)cc4c3OC(C(=O)N3CCNCC3)C4)c2c1. The van der Waals surface area contributed by atoms with E-state index in [1.54, 1.807) is 12.3 Å². The minimum atomic E-state index is -0.540. The molecule has 1 unspecified atom stereocenters. The highest BCUT2D eigenvalue weighted by molar-refractivity contribution is 6.31. The first-order chi connectivity index (χ1) is 14.6. The third-order valence-electron chi connectivity index (χ3n) is 5.64. The molecular formula is C23H19ClN4O2. The molecule has 7 heteroatoms. The van der Waals surface area contributed by atoms with E-state index in [0.29, 0.717) is 36.0 Å². The van der Waals surface area contributed by atoms with Crippen LogP contribution in [0.15, 0.2) is 42.6 Å². The van der Waals surface area contributed by atoms with Gasteiger partial charge in [-0.1, -0.05) is 17.7 Å². The Morgan fingerprint density at radius 3 is 2.83 bits per heavy atom. The van der Waals surface area contributed by atoms with Gasteiger partial charge in [-0.15, -0.1) is 0 Å². The third-order valence-corrected chi connectivity index (χ3v) is 5.86. The minimum Gasteiger partial charge on any atom is -0.479 e. The summed E-state index contributed by atoms with van der Waals surface area (Å²) in [6.07, 6.45) is 1.70. The molecule has 150 valence electrons. The van der Waals surface area contributed by atoms with Crippen molar-refractivity contribution < 1.29 is 9.53 Å². The van der Waals surface area contributed by atoms with Crippen LogP contribution in [0.4, 0.5) is 5.69 Å². The van der Waals surface area contributed by atoms with Crippen LogP contribution in [0.1, 0.15) is 5.56 Å². The lowest BCUT2D eigenvalue weighted by molar-refractivity contribution is -0.138. The normalized spacial score (nSPS) is 18.0. The Labute approximate surface area is 179 Å². The number of carbonyl (C=O) groups is 1. The molecule has 5 rings (SSSR count). The summed E-state index contributed by atoms with van der Waals surface area (Å²) in [5, 5.41) is 4.71. The van der Waals surface area contributed by atoms with E-state index in [2.05, 4.69) is 15.1 Å². The molecule has 6 nitrogen and oxygen atoms in total. The van der Waals surface area contributed by atoms with Crippen molar-refractivity contribution in [1.82, 2.24) is 15.2 Å². The van der Waals surface area contributed by atoms with E-state index in [-0.39, 0.29) is 5.91 Å². The summed E-state index contributed by atoms with van der Waals surface area (Å²) in [6, 6.07) is 11.1. The average molecular weight is 419 g/mol. The number of rotatable bonds is 2. The van der Waals surface area contributed by atoms with Crippen molar-refractivity contribution in [3.63, 3.8) is 0 Å². The summed E-state index contributed by atoms with van der Waals surface area (Å²) in [7, 11) is 0. The second-order valence-corrected chi connectivity index (χ2v) is 7.94. The topological polar surface area (TPSA) is 58.8 Å². The van der Waals surface area contributed by atoms with Gasteiger partial charge >= 0.3 is 0 Å². The van der Waals surface area contributed by atoms with Crippen LogP contribution in [-0.2, 0) is 11.2 Å². The molecule has 2 aliphatic heterocycles. The van der Waals surface area contributed by atoms with Crippen LogP contribution in [0.25, 0.3) is 26.9 Å². The molecule has 1 N–H and O–H groups in total. The van der Waals surface area contributed by atoms with Crippen molar-refractivity contribution in [2.75, 3.05) is 26.2 Å². The van der Waals surface area contributed by atoms with Crippen molar-refractivity contribution >= 4 is 34.1 Å². The summed E-state index contributed by atoms with van der Waals surface area (Å²) < 4.78 is 6.22. The Hall–Kier alpha value is -3.14. The lowest BCUT2D eigenvalue weighted by Gasteiger charge is -2.29. The molecule has 1 amide bonds. The van der Waals surface area contributed by atoms with Crippen molar-refractivity contribution in [3.05, 3.63) is 64.6 Å². The van der Waals surface area contributed by atoms with Crippen LogP contribution in [0.5, 0.6) is 5.75 Å². The van der Waals surface area contributed by atoms with E-state index >= 15 is 0 Å². The quantitative estimate of drug-likeness (QED) is 0.642. The summed E-state index contributed by atoms with van der Waals surface area (Å²) in [6.45, 7) is 10.3. The first-order valence-electron chi connectivity index (χ1n) is 9.89. The molecule has 3 heterocycles. The van der Waals surface area contributed by atoms with Crippen LogP contribution in [0.3, 0.4) is 0 Å².